The van der Waals surface area contributed by atoms with Crippen LogP contribution >= 0.6 is 7.37 Å². The van der Waals surface area contributed by atoms with Crippen molar-refractivity contribution >= 4 is 25.3 Å². The van der Waals surface area contributed by atoms with Crippen molar-refractivity contribution in [2.75, 3.05) is 6.54 Å². The molecule has 9 nitrogen and oxygen atoms in total. The van der Waals surface area contributed by atoms with Crippen LogP contribution < -0.4 is 10.6 Å². The van der Waals surface area contributed by atoms with E-state index in [4.69, 9.17) is 4.74 Å². The normalized spacial score (nSPS) is 29.6. The second kappa shape index (κ2) is 9.86. The molecule has 2 unspecified atom stereocenters. The fourth-order valence-electron chi connectivity index (χ4n) is 5.03. The highest BCUT2D eigenvalue weighted by atomic mass is 31.2. The van der Waals surface area contributed by atoms with Crippen molar-refractivity contribution in [1.82, 2.24) is 15.5 Å². The van der Waals surface area contributed by atoms with Gasteiger partial charge in [0.2, 0.25) is 19.2 Å². The van der Waals surface area contributed by atoms with Gasteiger partial charge in [-0.15, -0.1) is 6.58 Å². The van der Waals surface area contributed by atoms with Gasteiger partial charge in [-0.05, 0) is 56.2 Å². The number of rotatable bonds is 8. The highest BCUT2D eigenvalue weighted by Gasteiger charge is 2.64. The van der Waals surface area contributed by atoms with Crippen molar-refractivity contribution in [2.24, 2.45) is 11.3 Å². The van der Waals surface area contributed by atoms with Crippen LogP contribution in [-0.2, 0) is 18.9 Å². The molecule has 0 aromatic carbocycles. The SMILES string of the molecule is C=C[C@@H]1C[C@]1(NC(=O)[C@@H]1CCCN1C(=O)C(NC(=O)OC1CCCC1)C(C)(C)C)P(=O)(O)C=C. The molecule has 1 heterocycles. The molecule has 0 spiro atoms. The summed E-state index contributed by atoms with van der Waals surface area (Å²) in [5, 5.41) is 4.17. The highest BCUT2D eigenvalue weighted by molar-refractivity contribution is 7.63. The van der Waals surface area contributed by atoms with Crippen LogP contribution in [0.25, 0.3) is 0 Å². The number of hydrogen-bond acceptors (Lipinski definition) is 5. The number of nitrogens with one attached hydrogen (secondary N) is 2. The predicted molar refractivity (Wildman–Crippen MR) is 129 cm³/mol. The number of carbonyl (C=O) groups is 3. The molecule has 10 heteroatoms. The van der Waals surface area contributed by atoms with Gasteiger partial charge in [-0.2, -0.15) is 0 Å². The molecule has 5 atom stereocenters. The first kappa shape index (κ1) is 26.5. The Balaban J connectivity index is 1.73. The van der Waals surface area contributed by atoms with E-state index >= 15 is 0 Å². The van der Waals surface area contributed by atoms with Gasteiger partial charge < -0.3 is 25.2 Å². The van der Waals surface area contributed by atoms with E-state index in [1.807, 2.05) is 20.8 Å². The molecule has 190 valence electrons. The monoisotopic (exact) mass is 495 g/mol. The average Bonchev–Trinajstić information content (AvgIpc) is 3.12. The molecule has 3 amide bonds. The Morgan fingerprint density at radius 3 is 2.35 bits per heavy atom. The maximum absolute atomic E-state index is 13.6. The molecule has 0 aromatic heterocycles. The molecule has 1 aliphatic heterocycles. The van der Waals surface area contributed by atoms with Gasteiger partial charge in [-0.3, -0.25) is 14.2 Å². The van der Waals surface area contributed by atoms with Gasteiger partial charge in [-0.25, -0.2) is 4.79 Å². The molecule has 0 aromatic rings. The van der Waals surface area contributed by atoms with E-state index in [-0.39, 0.29) is 17.9 Å². The van der Waals surface area contributed by atoms with Crippen molar-refractivity contribution in [3.05, 3.63) is 25.1 Å². The summed E-state index contributed by atoms with van der Waals surface area (Å²) >= 11 is 0. The fraction of sp³-hybridized carbons (Fsp3) is 0.708. The van der Waals surface area contributed by atoms with Crippen LogP contribution in [0, 0.1) is 11.3 Å². The first-order chi connectivity index (χ1) is 15.9. The van der Waals surface area contributed by atoms with Gasteiger partial charge in [0.15, 0.2) is 0 Å². The topological polar surface area (TPSA) is 125 Å². The Hall–Kier alpha value is -2.12. The summed E-state index contributed by atoms with van der Waals surface area (Å²) in [6, 6.07) is -1.68. The van der Waals surface area contributed by atoms with E-state index in [0.29, 0.717) is 25.8 Å². The largest absolute Gasteiger partial charge is 0.446 e. The maximum atomic E-state index is 13.6. The molecule has 1 saturated heterocycles. The molecule has 3 aliphatic rings. The molecule has 0 bridgehead atoms. The predicted octanol–water partition coefficient (Wildman–Crippen LogP) is 3.49. The van der Waals surface area contributed by atoms with Gasteiger partial charge in [0.05, 0.1) is 0 Å². The lowest BCUT2D eigenvalue weighted by Gasteiger charge is -2.36. The van der Waals surface area contributed by atoms with Crippen molar-refractivity contribution in [2.45, 2.75) is 89.2 Å². The third-order valence-electron chi connectivity index (χ3n) is 7.22. The summed E-state index contributed by atoms with van der Waals surface area (Å²) in [5.41, 5.74) is -0.620. The zero-order valence-corrected chi connectivity index (χ0v) is 21.3. The standard InChI is InChI=1S/C24H38N3O6P/c1-6-16-15-24(16,34(31,32)7-2)26-20(28)18-13-10-14-27(18)21(29)19(23(3,4)5)25-22(30)33-17-11-8-9-12-17/h6-7,16-19H,1-2,8-15H2,3-5H3,(H,25,30)(H,26,28)(H,31,32)/t16-,18+,19?,24+/m1/s1. The number of likely N-dealkylation sites (tertiary alicyclic amines) is 1. The minimum atomic E-state index is -3.87. The maximum Gasteiger partial charge on any atom is 0.408 e. The minimum absolute atomic E-state index is 0.132. The lowest BCUT2D eigenvalue weighted by Crippen LogP contribution is -2.58. The Morgan fingerprint density at radius 1 is 1.18 bits per heavy atom. The number of hydrogen-bond donors (Lipinski definition) is 3. The Morgan fingerprint density at radius 2 is 1.82 bits per heavy atom. The van der Waals surface area contributed by atoms with E-state index in [0.717, 1.165) is 31.5 Å². The Kier molecular flexibility index (Phi) is 7.68. The number of carbonyl (C=O) groups excluding carboxylic acids is 3. The van der Waals surface area contributed by atoms with Crippen molar-refractivity contribution < 1.29 is 28.6 Å². The molecule has 34 heavy (non-hydrogen) atoms. The van der Waals surface area contributed by atoms with Gasteiger partial charge in [0.1, 0.15) is 23.5 Å². The second-order valence-corrected chi connectivity index (χ2v) is 13.1. The van der Waals surface area contributed by atoms with Crippen molar-refractivity contribution in [3.8, 4) is 0 Å². The number of nitrogens with zero attached hydrogens (tertiary/aromatic N) is 1. The minimum Gasteiger partial charge on any atom is -0.446 e. The van der Waals surface area contributed by atoms with Gasteiger partial charge >= 0.3 is 6.09 Å². The summed E-state index contributed by atoms with van der Waals surface area (Å²) in [6.45, 7) is 13.0. The van der Waals surface area contributed by atoms with Crippen LogP contribution in [-0.4, -0.2) is 57.7 Å². The van der Waals surface area contributed by atoms with Gasteiger partial charge in [0, 0.05) is 12.5 Å². The van der Waals surface area contributed by atoms with E-state index in [1.54, 1.807) is 6.08 Å². The smallest absolute Gasteiger partial charge is 0.408 e. The fourth-order valence-corrected chi connectivity index (χ4v) is 6.67. The van der Waals surface area contributed by atoms with Crippen molar-refractivity contribution in [3.63, 3.8) is 0 Å². The summed E-state index contributed by atoms with van der Waals surface area (Å²) in [4.78, 5) is 51.3. The van der Waals surface area contributed by atoms with Crippen LogP contribution in [0.5, 0.6) is 0 Å². The summed E-state index contributed by atoms with van der Waals surface area (Å²) in [6.07, 6.45) is 5.82. The lowest BCUT2D eigenvalue weighted by atomic mass is 9.85. The van der Waals surface area contributed by atoms with Crippen LogP contribution in [0.4, 0.5) is 4.79 Å². The number of alkyl carbamates (subject to hydrolysis) is 1. The summed E-state index contributed by atoms with van der Waals surface area (Å²) in [7, 11) is -3.87. The average molecular weight is 496 g/mol. The van der Waals surface area contributed by atoms with E-state index < -0.39 is 42.1 Å². The second-order valence-electron chi connectivity index (χ2n) is 10.7. The van der Waals surface area contributed by atoms with Crippen LogP contribution in [0.3, 0.4) is 0 Å². The van der Waals surface area contributed by atoms with Crippen LogP contribution in [0.15, 0.2) is 25.1 Å². The van der Waals surface area contributed by atoms with Crippen LogP contribution in [0.2, 0.25) is 0 Å². The third-order valence-corrected chi connectivity index (χ3v) is 9.48. The third kappa shape index (κ3) is 5.25. The number of amides is 3. The van der Waals surface area contributed by atoms with E-state index in [1.165, 1.54) is 4.90 Å². The van der Waals surface area contributed by atoms with Gasteiger partial charge in [0.25, 0.3) is 0 Å². The highest BCUT2D eigenvalue weighted by Crippen LogP contribution is 2.70. The molecule has 3 fully saturated rings. The molecule has 3 rings (SSSR count). The van der Waals surface area contributed by atoms with Gasteiger partial charge in [-0.1, -0.05) is 33.4 Å². The van der Waals surface area contributed by atoms with Crippen LogP contribution in [0.1, 0.15) is 65.7 Å². The number of ether oxygens (including phenoxy) is 1. The van der Waals surface area contributed by atoms with E-state index in [2.05, 4.69) is 23.8 Å². The molecular formula is C24H38N3O6P. The zero-order chi connectivity index (χ0) is 25.3. The summed E-state index contributed by atoms with van der Waals surface area (Å²) in [5.74, 6) is -0.198. The Labute approximate surface area is 201 Å². The molecule has 0 radical (unpaired) electrons. The van der Waals surface area contributed by atoms with Crippen molar-refractivity contribution in [1.29, 1.82) is 0 Å². The lowest BCUT2D eigenvalue weighted by molar-refractivity contribution is -0.142. The Bertz CT molecular complexity index is 894. The zero-order valence-electron chi connectivity index (χ0n) is 20.4. The summed E-state index contributed by atoms with van der Waals surface area (Å²) < 4.78 is 18.2. The molecule has 2 aliphatic carbocycles. The van der Waals surface area contributed by atoms with E-state index in [9.17, 15) is 23.8 Å². The molecule has 2 saturated carbocycles. The first-order valence-electron chi connectivity index (χ1n) is 12.0. The first-order valence-corrected chi connectivity index (χ1v) is 13.8. The molecular weight excluding hydrogens is 457 g/mol. The quantitative estimate of drug-likeness (QED) is 0.350. The molecule has 3 N–H and O–H groups in total.